The zero-order chi connectivity index (χ0) is 21.8. The lowest BCUT2D eigenvalue weighted by Crippen LogP contribution is -2.33. The van der Waals surface area contributed by atoms with E-state index in [0.29, 0.717) is 0 Å². The van der Waals surface area contributed by atoms with Crippen molar-refractivity contribution in [2.24, 2.45) is 0 Å². The molecule has 0 unspecified atom stereocenters. The van der Waals surface area contributed by atoms with Crippen LogP contribution in [-0.2, 0) is 29.8 Å². The summed E-state index contributed by atoms with van der Waals surface area (Å²) in [6.07, 6.45) is 0. The topological polar surface area (TPSA) is 92.8 Å². The van der Waals surface area contributed by atoms with Crippen LogP contribution < -0.4 is 5.32 Å². The Morgan fingerprint density at radius 2 is 1.72 bits per heavy atom. The van der Waals surface area contributed by atoms with Crippen LogP contribution in [-0.4, -0.2) is 45.3 Å². The van der Waals surface area contributed by atoms with Crippen molar-refractivity contribution in [3.8, 4) is 0 Å². The molecule has 9 heteroatoms. The van der Waals surface area contributed by atoms with Crippen LogP contribution in [0.15, 0.2) is 53.4 Å². The van der Waals surface area contributed by atoms with Crippen molar-refractivity contribution in [1.29, 1.82) is 0 Å². The van der Waals surface area contributed by atoms with Crippen LogP contribution in [0.5, 0.6) is 0 Å². The number of halogens is 1. The van der Waals surface area contributed by atoms with E-state index < -0.39 is 33.9 Å². The van der Waals surface area contributed by atoms with Crippen LogP contribution in [0.4, 0.5) is 5.69 Å². The summed E-state index contributed by atoms with van der Waals surface area (Å²) in [5, 5.41) is 2.54. The van der Waals surface area contributed by atoms with Gasteiger partial charge in [0.15, 0.2) is 6.61 Å². The number of rotatable bonds is 7. The fourth-order valence-corrected chi connectivity index (χ4v) is 3.85. The highest BCUT2D eigenvalue weighted by atomic mass is 35.5. The number of carbonyl (C=O) groups excluding carboxylic acids is 2. The average molecular weight is 439 g/mol. The van der Waals surface area contributed by atoms with Gasteiger partial charge in [-0.2, -0.15) is 0 Å². The molecule has 0 fully saturated rings. The predicted octanol–water partition coefficient (Wildman–Crippen LogP) is 3.05. The zero-order valence-corrected chi connectivity index (χ0v) is 18.2. The number of nitrogens with one attached hydrogen (secondary N) is 1. The molecule has 0 spiro atoms. The highest BCUT2D eigenvalue weighted by Crippen LogP contribution is 2.27. The van der Waals surface area contributed by atoms with Gasteiger partial charge in [0.2, 0.25) is 10.0 Å². The third-order valence-corrected chi connectivity index (χ3v) is 6.61. The second kappa shape index (κ2) is 8.94. The fraction of sp³-hybridized carbons (Fsp3) is 0.300. The molecule has 2 aromatic carbocycles. The molecule has 0 aliphatic rings. The number of carbonyl (C=O) groups is 2. The quantitative estimate of drug-likeness (QED) is 0.670. The van der Waals surface area contributed by atoms with Gasteiger partial charge < -0.3 is 10.1 Å². The Balaban J connectivity index is 2.06. The molecule has 1 amide bonds. The van der Waals surface area contributed by atoms with Crippen molar-refractivity contribution in [3.05, 3.63) is 59.1 Å². The number of anilines is 1. The summed E-state index contributed by atoms with van der Waals surface area (Å²) in [5.74, 6) is -1.15. The van der Waals surface area contributed by atoms with E-state index in [1.165, 1.54) is 32.3 Å². The number of sulfonamides is 1. The average Bonchev–Trinajstić information content (AvgIpc) is 2.67. The van der Waals surface area contributed by atoms with Crippen LogP contribution in [0, 0.1) is 0 Å². The summed E-state index contributed by atoms with van der Waals surface area (Å²) in [6, 6.07) is 13.2. The Kier molecular flexibility index (Phi) is 7.05. The van der Waals surface area contributed by atoms with Crippen molar-refractivity contribution in [1.82, 2.24) is 4.31 Å². The third kappa shape index (κ3) is 5.35. The first-order valence-corrected chi connectivity index (χ1v) is 10.5. The Labute approximate surface area is 175 Å². The van der Waals surface area contributed by atoms with Gasteiger partial charge in [-0.3, -0.25) is 9.59 Å². The normalized spacial score (nSPS) is 11.9. The molecule has 2 rings (SSSR count). The lowest BCUT2D eigenvalue weighted by atomic mass is 9.85. The molecule has 0 aliphatic heterocycles. The summed E-state index contributed by atoms with van der Waals surface area (Å²) >= 11 is 5.98. The Hall–Kier alpha value is -2.42. The van der Waals surface area contributed by atoms with Gasteiger partial charge in [-0.1, -0.05) is 41.9 Å². The van der Waals surface area contributed by atoms with Gasteiger partial charge >= 0.3 is 5.97 Å². The van der Waals surface area contributed by atoms with Gasteiger partial charge in [0.1, 0.15) is 4.90 Å². The van der Waals surface area contributed by atoms with E-state index in [1.807, 2.05) is 30.3 Å². The van der Waals surface area contributed by atoms with E-state index >= 15 is 0 Å². The lowest BCUT2D eigenvalue weighted by molar-refractivity contribution is -0.152. The molecule has 0 heterocycles. The summed E-state index contributed by atoms with van der Waals surface area (Å²) in [6.45, 7) is 2.91. The monoisotopic (exact) mass is 438 g/mol. The molecule has 0 saturated heterocycles. The first kappa shape index (κ1) is 22.9. The standard InChI is InChI=1S/C20H23ClN2O5S/c1-20(2,14-8-6-5-7-9-14)19(25)28-13-18(24)22-15-10-11-16(21)17(12-15)29(26,27)23(3)4/h5-12H,13H2,1-4H3,(H,22,24). The maximum Gasteiger partial charge on any atom is 0.316 e. The number of esters is 1. The van der Waals surface area contributed by atoms with Crippen LogP contribution in [0.1, 0.15) is 19.4 Å². The molecule has 0 radical (unpaired) electrons. The highest BCUT2D eigenvalue weighted by Gasteiger charge is 2.31. The first-order valence-electron chi connectivity index (χ1n) is 8.71. The van der Waals surface area contributed by atoms with Gasteiger partial charge in [0.05, 0.1) is 10.4 Å². The molecule has 1 N–H and O–H groups in total. The molecule has 0 saturated carbocycles. The van der Waals surface area contributed by atoms with Crippen molar-refractivity contribution in [2.45, 2.75) is 24.2 Å². The number of hydrogen-bond acceptors (Lipinski definition) is 5. The van der Waals surface area contributed by atoms with Crippen LogP contribution in [0.2, 0.25) is 5.02 Å². The third-order valence-electron chi connectivity index (χ3n) is 4.31. The molecule has 29 heavy (non-hydrogen) atoms. The molecule has 2 aromatic rings. The number of ether oxygens (including phenoxy) is 1. The molecule has 0 aliphatic carbocycles. The Morgan fingerprint density at radius 3 is 2.31 bits per heavy atom. The number of hydrogen-bond donors (Lipinski definition) is 1. The second-order valence-corrected chi connectivity index (χ2v) is 9.58. The van der Waals surface area contributed by atoms with E-state index in [9.17, 15) is 18.0 Å². The maximum absolute atomic E-state index is 12.4. The minimum absolute atomic E-state index is 0.0349. The number of nitrogens with zero attached hydrogens (tertiary/aromatic N) is 1. The van der Waals surface area contributed by atoms with Crippen LogP contribution in [0.3, 0.4) is 0 Å². The van der Waals surface area contributed by atoms with Gasteiger partial charge in [-0.15, -0.1) is 0 Å². The maximum atomic E-state index is 12.4. The van der Waals surface area contributed by atoms with Crippen molar-refractivity contribution < 1.29 is 22.7 Å². The molecule has 7 nitrogen and oxygen atoms in total. The van der Waals surface area contributed by atoms with Gasteiger partial charge in [0.25, 0.3) is 5.91 Å². The van der Waals surface area contributed by atoms with Crippen molar-refractivity contribution >= 4 is 39.2 Å². The molecule has 0 aromatic heterocycles. The first-order chi connectivity index (χ1) is 13.5. The SMILES string of the molecule is CN(C)S(=O)(=O)c1cc(NC(=O)COC(=O)C(C)(C)c2ccccc2)ccc1Cl. The second-order valence-electron chi connectivity index (χ2n) is 7.05. The number of amides is 1. The Morgan fingerprint density at radius 1 is 1.10 bits per heavy atom. The minimum atomic E-state index is -3.78. The molecule has 0 bridgehead atoms. The van der Waals surface area contributed by atoms with Gasteiger partial charge in [0, 0.05) is 19.8 Å². The van der Waals surface area contributed by atoms with E-state index in [-0.39, 0.29) is 15.6 Å². The summed E-state index contributed by atoms with van der Waals surface area (Å²) in [4.78, 5) is 24.5. The smallest absolute Gasteiger partial charge is 0.316 e. The van der Waals surface area contributed by atoms with Crippen LogP contribution in [0.25, 0.3) is 0 Å². The van der Waals surface area contributed by atoms with Crippen molar-refractivity contribution in [2.75, 3.05) is 26.0 Å². The van der Waals surface area contributed by atoms with E-state index in [1.54, 1.807) is 13.8 Å². The molecular formula is C20H23ClN2O5S. The summed E-state index contributed by atoms with van der Waals surface area (Å²) < 4.78 is 30.8. The molecule has 156 valence electrons. The summed E-state index contributed by atoms with van der Waals surface area (Å²) in [7, 11) is -1.02. The van der Waals surface area contributed by atoms with Gasteiger partial charge in [-0.25, -0.2) is 12.7 Å². The fourth-order valence-electron chi connectivity index (χ4n) is 2.46. The lowest BCUT2D eigenvalue weighted by Gasteiger charge is -2.22. The van der Waals surface area contributed by atoms with Crippen molar-refractivity contribution in [3.63, 3.8) is 0 Å². The molecular weight excluding hydrogens is 416 g/mol. The predicted molar refractivity (Wildman–Crippen MR) is 111 cm³/mol. The van der Waals surface area contributed by atoms with E-state index in [2.05, 4.69) is 5.32 Å². The van der Waals surface area contributed by atoms with Gasteiger partial charge in [-0.05, 0) is 37.6 Å². The zero-order valence-electron chi connectivity index (χ0n) is 16.6. The largest absolute Gasteiger partial charge is 0.455 e. The molecule has 0 atom stereocenters. The minimum Gasteiger partial charge on any atom is -0.455 e. The Bertz CT molecular complexity index is 1000. The number of benzene rings is 2. The highest BCUT2D eigenvalue weighted by molar-refractivity contribution is 7.89. The van der Waals surface area contributed by atoms with Crippen LogP contribution >= 0.6 is 11.6 Å². The summed E-state index contributed by atoms with van der Waals surface area (Å²) in [5.41, 5.74) is 0.0641. The van der Waals surface area contributed by atoms with E-state index in [0.717, 1.165) is 9.87 Å². The van der Waals surface area contributed by atoms with E-state index in [4.69, 9.17) is 16.3 Å².